The molecule has 1 aromatic carbocycles. The number of pyridine rings is 3. The van der Waals surface area contributed by atoms with E-state index in [-0.39, 0.29) is 5.56 Å². The van der Waals surface area contributed by atoms with Crippen molar-refractivity contribution in [3.05, 3.63) is 77.0 Å². The van der Waals surface area contributed by atoms with Crippen LogP contribution >= 0.6 is 0 Å². The second-order valence-electron chi connectivity index (χ2n) is 8.89. The Bertz CT molecular complexity index is 1350. The Morgan fingerprint density at radius 2 is 1.85 bits per heavy atom. The van der Waals surface area contributed by atoms with Gasteiger partial charge in [0, 0.05) is 42.4 Å². The van der Waals surface area contributed by atoms with E-state index in [1.165, 1.54) is 0 Å². The maximum atomic E-state index is 12.7. The first-order valence-electron chi connectivity index (χ1n) is 11.3. The minimum Gasteiger partial charge on any atom is -0.384 e. The smallest absolute Gasteiger partial charge is 0.259 e. The number of fused-ring (bicyclic) bond motifs is 1. The molecular weight excluding hydrogens is 430 g/mol. The highest BCUT2D eigenvalue weighted by atomic mass is 16.5. The second-order valence-corrected chi connectivity index (χ2v) is 8.89. The number of ether oxygens (including phenoxy) is 1. The monoisotopic (exact) mass is 457 g/mol. The number of benzene rings is 1. The molecule has 1 aliphatic rings. The van der Waals surface area contributed by atoms with Gasteiger partial charge in [-0.15, -0.1) is 0 Å². The highest BCUT2D eigenvalue weighted by Crippen LogP contribution is 2.29. The van der Waals surface area contributed by atoms with Gasteiger partial charge in [-0.05, 0) is 67.8 Å². The minimum absolute atomic E-state index is 0.209. The van der Waals surface area contributed by atoms with E-state index in [2.05, 4.69) is 32.3 Å². The van der Waals surface area contributed by atoms with E-state index in [0.29, 0.717) is 22.6 Å². The number of anilines is 3. The van der Waals surface area contributed by atoms with Gasteiger partial charge in [0.25, 0.3) is 5.56 Å². The van der Waals surface area contributed by atoms with Crippen LogP contribution in [-0.4, -0.2) is 46.4 Å². The summed E-state index contributed by atoms with van der Waals surface area (Å²) in [6.45, 7) is 6.60. The van der Waals surface area contributed by atoms with Crippen LogP contribution in [0.2, 0.25) is 0 Å². The second kappa shape index (κ2) is 8.89. The predicted molar refractivity (Wildman–Crippen MR) is 134 cm³/mol. The number of hydrogen-bond donors (Lipinski definition) is 3. The number of aromatic amines is 1. The average molecular weight is 458 g/mol. The van der Waals surface area contributed by atoms with Crippen LogP contribution in [0.1, 0.15) is 19.5 Å². The minimum atomic E-state index is -1.03. The normalized spacial score (nSPS) is 14.4. The molecule has 34 heavy (non-hydrogen) atoms. The van der Waals surface area contributed by atoms with Crippen LogP contribution in [0.15, 0.2) is 65.7 Å². The molecule has 5 rings (SSSR count). The van der Waals surface area contributed by atoms with Gasteiger partial charge in [0.1, 0.15) is 11.4 Å². The van der Waals surface area contributed by atoms with Crippen LogP contribution in [0.5, 0.6) is 0 Å². The summed E-state index contributed by atoms with van der Waals surface area (Å²) < 4.78 is 5.44. The van der Waals surface area contributed by atoms with Gasteiger partial charge in [0.15, 0.2) is 0 Å². The Morgan fingerprint density at radius 1 is 1.09 bits per heavy atom. The molecule has 0 aliphatic carbocycles. The Balaban J connectivity index is 1.50. The quantitative estimate of drug-likeness (QED) is 0.419. The van der Waals surface area contributed by atoms with Crippen molar-refractivity contribution in [2.24, 2.45) is 0 Å². The molecule has 174 valence electrons. The van der Waals surface area contributed by atoms with Crippen molar-refractivity contribution in [2.75, 3.05) is 36.5 Å². The lowest BCUT2D eigenvalue weighted by atomic mass is 10.0. The van der Waals surface area contributed by atoms with Gasteiger partial charge < -0.3 is 25.0 Å². The lowest BCUT2D eigenvalue weighted by Crippen LogP contribution is -2.36. The average Bonchev–Trinajstić information content (AvgIpc) is 2.84. The molecule has 1 saturated heterocycles. The third-order valence-corrected chi connectivity index (χ3v) is 5.95. The zero-order chi connectivity index (χ0) is 23.7. The van der Waals surface area contributed by atoms with Crippen molar-refractivity contribution in [2.45, 2.75) is 19.4 Å². The van der Waals surface area contributed by atoms with Crippen molar-refractivity contribution in [1.82, 2.24) is 15.0 Å². The molecule has 4 heterocycles. The molecule has 0 bridgehead atoms. The molecule has 0 spiro atoms. The van der Waals surface area contributed by atoms with E-state index in [0.717, 1.165) is 48.6 Å². The van der Waals surface area contributed by atoms with Gasteiger partial charge in [-0.3, -0.25) is 9.78 Å². The van der Waals surface area contributed by atoms with Crippen molar-refractivity contribution in [1.29, 1.82) is 0 Å². The molecule has 8 heteroatoms. The van der Waals surface area contributed by atoms with Crippen LogP contribution < -0.4 is 15.8 Å². The van der Waals surface area contributed by atoms with Crippen LogP contribution in [0.25, 0.3) is 22.0 Å². The van der Waals surface area contributed by atoms with Gasteiger partial charge >= 0.3 is 0 Å². The summed E-state index contributed by atoms with van der Waals surface area (Å²) in [5.74, 6) is 0.472. The fourth-order valence-corrected chi connectivity index (χ4v) is 4.07. The number of H-pyrrole nitrogens is 1. The number of hydrogen-bond acceptors (Lipinski definition) is 7. The summed E-state index contributed by atoms with van der Waals surface area (Å²) in [6, 6.07) is 15.5. The SMILES string of the molecule is CC(C)(O)c1ccc(-c2cc3cc[nH]c(=O)c3c(Nc3ccc(N4CCOCC4)cc3)n2)cn1. The van der Waals surface area contributed by atoms with Crippen molar-refractivity contribution >= 4 is 28.0 Å². The molecule has 0 amide bonds. The number of aromatic nitrogens is 3. The number of morpholine rings is 1. The molecule has 1 fully saturated rings. The molecule has 8 nitrogen and oxygen atoms in total. The van der Waals surface area contributed by atoms with Gasteiger partial charge in [0.05, 0.1) is 30.0 Å². The van der Waals surface area contributed by atoms with E-state index in [1.807, 2.05) is 30.3 Å². The first kappa shape index (κ1) is 22.1. The van der Waals surface area contributed by atoms with E-state index in [1.54, 1.807) is 32.3 Å². The summed E-state index contributed by atoms with van der Waals surface area (Å²) >= 11 is 0. The van der Waals surface area contributed by atoms with E-state index in [4.69, 9.17) is 9.72 Å². The Labute approximate surface area is 197 Å². The predicted octanol–water partition coefficient (Wildman–Crippen LogP) is 3.79. The summed E-state index contributed by atoms with van der Waals surface area (Å²) in [4.78, 5) is 26.9. The molecule has 1 aliphatic heterocycles. The lowest BCUT2D eigenvalue weighted by Gasteiger charge is -2.28. The first-order valence-corrected chi connectivity index (χ1v) is 11.3. The van der Waals surface area contributed by atoms with Gasteiger partial charge in [0.2, 0.25) is 0 Å². The zero-order valence-corrected chi connectivity index (χ0v) is 19.2. The Kier molecular flexibility index (Phi) is 5.77. The van der Waals surface area contributed by atoms with Gasteiger partial charge in [-0.2, -0.15) is 0 Å². The van der Waals surface area contributed by atoms with Crippen LogP contribution in [0.3, 0.4) is 0 Å². The third-order valence-electron chi connectivity index (χ3n) is 5.95. The van der Waals surface area contributed by atoms with Crippen LogP contribution in [0.4, 0.5) is 17.2 Å². The van der Waals surface area contributed by atoms with Crippen molar-refractivity contribution < 1.29 is 9.84 Å². The summed E-state index contributed by atoms with van der Waals surface area (Å²) in [7, 11) is 0. The molecule has 4 aromatic rings. The summed E-state index contributed by atoms with van der Waals surface area (Å²) in [5, 5.41) is 14.8. The number of rotatable bonds is 5. The lowest BCUT2D eigenvalue weighted by molar-refractivity contribution is 0.0739. The number of aliphatic hydroxyl groups is 1. The molecule has 0 atom stereocenters. The highest BCUT2D eigenvalue weighted by molar-refractivity contribution is 5.95. The fraction of sp³-hybridized carbons (Fsp3) is 0.269. The summed E-state index contributed by atoms with van der Waals surface area (Å²) in [6.07, 6.45) is 3.32. The Morgan fingerprint density at radius 3 is 2.53 bits per heavy atom. The van der Waals surface area contributed by atoms with E-state index in [9.17, 15) is 9.90 Å². The largest absolute Gasteiger partial charge is 0.384 e. The highest BCUT2D eigenvalue weighted by Gasteiger charge is 2.18. The van der Waals surface area contributed by atoms with Crippen LogP contribution in [0, 0.1) is 0 Å². The maximum Gasteiger partial charge on any atom is 0.259 e. The van der Waals surface area contributed by atoms with E-state index >= 15 is 0 Å². The molecule has 0 unspecified atom stereocenters. The van der Waals surface area contributed by atoms with Crippen LogP contribution in [-0.2, 0) is 10.3 Å². The fourth-order valence-electron chi connectivity index (χ4n) is 4.07. The molecule has 3 N–H and O–H groups in total. The molecule has 0 radical (unpaired) electrons. The zero-order valence-electron chi connectivity index (χ0n) is 19.2. The Hall–Kier alpha value is -3.75. The van der Waals surface area contributed by atoms with Gasteiger partial charge in [-0.25, -0.2) is 4.98 Å². The molecular formula is C26H27N5O3. The maximum absolute atomic E-state index is 12.7. The topological polar surface area (TPSA) is 103 Å². The standard InChI is InChI=1S/C26H27N5O3/c1-26(2,33)22-8-3-18(16-28-22)21-15-17-9-10-27-25(32)23(17)24(30-21)29-19-4-6-20(7-5-19)31-11-13-34-14-12-31/h3-10,15-16,33H,11-14H2,1-2H3,(H,27,32)(H,29,30). The van der Waals surface area contributed by atoms with Gasteiger partial charge in [-0.1, -0.05) is 0 Å². The first-order chi connectivity index (χ1) is 16.4. The number of nitrogens with one attached hydrogen (secondary N) is 2. The van der Waals surface area contributed by atoms with E-state index < -0.39 is 5.60 Å². The summed E-state index contributed by atoms with van der Waals surface area (Å²) in [5.41, 5.74) is 2.79. The number of nitrogens with zero attached hydrogens (tertiary/aromatic N) is 3. The third kappa shape index (κ3) is 4.50. The van der Waals surface area contributed by atoms with Crippen molar-refractivity contribution in [3.8, 4) is 11.3 Å². The molecule has 3 aromatic heterocycles. The van der Waals surface area contributed by atoms with Crippen molar-refractivity contribution in [3.63, 3.8) is 0 Å². The molecule has 0 saturated carbocycles.